The van der Waals surface area contributed by atoms with Gasteiger partial charge in [0.25, 0.3) is 0 Å². The van der Waals surface area contributed by atoms with Gasteiger partial charge in [0.2, 0.25) is 0 Å². The highest BCUT2D eigenvalue weighted by atomic mass is 35.5. The molecule has 25 heavy (non-hydrogen) atoms. The van der Waals surface area contributed by atoms with E-state index in [-0.39, 0.29) is 10.6 Å². The average molecular weight is 379 g/mol. The summed E-state index contributed by atoms with van der Waals surface area (Å²) in [5, 5.41) is 10.8. The summed E-state index contributed by atoms with van der Waals surface area (Å²) >= 11 is 5.67. The quantitative estimate of drug-likeness (QED) is 0.464. The van der Waals surface area contributed by atoms with E-state index in [0.717, 1.165) is 18.4 Å². The van der Waals surface area contributed by atoms with Crippen molar-refractivity contribution < 1.29 is 12.6 Å². The lowest BCUT2D eigenvalue weighted by atomic mass is 10.1. The lowest BCUT2D eigenvalue weighted by Crippen LogP contribution is -2.10. The Morgan fingerprint density at radius 3 is 2.60 bits per heavy atom. The van der Waals surface area contributed by atoms with Gasteiger partial charge < -0.3 is 4.18 Å². The molecule has 0 radical (unpaired) electrons. The molecule has 1 aromatic heterocycles. The highest BCUT2D eigenvalue weighted by Gasteiger charge is 2.17. The molecular formula is C16H15ClN4O3S. The van der Waals surface area contributed by atoms with Crippen LogP contribution < -0.4 is 4.18 Å². The number of alkyl halides is 1. The van der Waals surface area contributed by atoms with Crippen LogP contribution in [0.2, 0.25) is 0 Å². The fourth-order valence-corrected chi connectivity index (χ4v) is 3.28. The number of hydrogen-bond donors (Lipinski definition) is 0. The summed E-state index contributed by atoms with van der Waals surface area (Å²) in [4.78, 5) is 0.0925. The first-order chi connectivity index (χ1) is 12.1. The molecule has 1 heterocycles. The predicted octanol–water partition coefficient (Wildman–Crippen LogP) is 2.60. The monoisotopic (exact) mass is 378 g/mol. The topological polar surface area (TPSA) is 87.0 Å². The summed E-state index contributed by atoms with van der Waals surface area (Å²) in [5.41, 5.74) is 1.62. The fourth-order valence-electron chi connectivity index (χ4n) is 2.23. The average Bonchev–Trinajstić information content (AvgIpc) is 3.15. The third-order valence-corrected chi connectivity index (χ3v) is 4.98. The second kappa shape index (κ2) is 7.62. The van der Waals surface area contributed by atoms with E-state index in [2.05, 4.69) is 15.5 Å². The zero-order valence-electron chi connectivity index (χ0n) is 13.1. The molecule has 3 rings (SSSR count). The van der Waals surface area contributed by atoms with E-state index in [1.807, 2.05) is 0 Å². The van der Waals surface area contributed by atoms with Crippen LogP contribution in [0, 0.1) is 0 Å². The zero-order valence-corrected chi connectivity index (χ0v) is 14.7. The van der Waals surface area contributed by atoms with Gasteiger partial charge in [-0.25, -0.2) is 4.68 Å². The van der Waals surface area contributed by atoms with Crippen LogP contribution in [0.15, 0.2) is 59.8 Å². The van der Waals surface area contributed by atoms with Crippen molar-refractivity contribution in [3.63, 3.8) is 0 Å². The van der Waals surface area contributed by atoms with Crippen LogP contribution in [-0.2, 0) is 16.5 Å². The van der Waals surface area contributed by atoms with E-state index in [0.29, 0.717) is 11.6 Å². The van der Waals surface area contributed by atoms with Crippen LogP contribution in [0.4, 0.5) is 0 Å². The molecule has 7 nitrogen and oxygen atoms in total. The normalized spacial score (nSPS) is 11.4. The van der Waals surface area contributed by atoms with E-state index in [1.165, 1.54) is 23.1 Å². The zero-order chi connectivity index (χ0) is 17.7. The van der Waals surface area contributed by atoms with Crippen LogP contribution in [0.5, 0.6) is 5.75 Å². The van der Waals surface area contributed by atoms with E-state index in [1.54, 1.807) is 36.4 Å². The van der Waals surface area contributed by atoms with Gasteiger partial charge in [-0.05, 0) is 53.1 Å². The third-order valence-electron chi connectivity index (χ3n) is 3.45. The van der Waals surface area contributed by atoms with Gasteiger partial charge in [-0.3, -0.25) is 0 Å². The van der Waals surface area contributed by atoms with Gasteiger partial charge in [0.1, 0.15) is 17.0 Å². The number of rotatable bonds is 7. The summed E-state index contributed by atoms with van der Waals surface area (Å²) in [7, 11) is -3.92. The van der Waals surface area contributed by atoms with Crippen molar-refractivity contribution in [2.75, 3.05) is 5.88 Å². The lowest BCUT2D eigenvalue weighted by Gasteiger charge is -2.09. The molecule has 3 aromatic rings. The van der Waals surface area contributed by atoms with Gasteiger partial charge in [-0.2, -0.15) is 8.42 Å². The number of aryl methyl sites for hydroxylation is 1. The third kappa shape index (κ3) is 4.34. The highest BCUT2D eigenvalue weighted by molar-refractivity contribution is 7.87. The Kier molecular flexibility index (Phi) is 5.30. The summed E-state index contributed by atoms with van der Waals surface area (Å²) in [6.07, 6.45) is 3.06. The molecule has 0 aliphatic carbocycles. The van der Waals surface area contributed by atoms with Gasteiger partial charge in [0, 0.05) is 11.9 Å². The Hall–Kier alpha value is -2.45. The van der Waals surface area contributed by atoms with E-state index in [9.17, 15) is 8.42 Å². The molecule has 0 aliphatic rings. The van der Waals surface area contributed by atoms with Crippen molar-refractivity contribution in [2.24, 2.45) is 0 Å². The molecule has 9 heteroatoms. The number of halogens is 1. The van der Waals surface area contributed by atoms with Gasteiger partial charge in [-0.1, -0.05) is 18.2 Å². The molecular weight excluding hydrogens is 364 g/mol. The molecule has 0 N–H and O–H groups in total. The molecule has 2 aromatic carbocycles. The minimum atomic E-state index is -3.92. The first-order valence-corrected chi connectivity index (χ1v) is 9.45. The van der Waals surface area contributed by atoms with Crippen molar-refractivity contribution in [1.29, 1.82) is 0 Å². The Balaban J connectivity index is 1.78. The maximum absolute atomic E-state index is 12.4. The van der Waals surface area contributed by atoms with Crippen molar-refractivity contribution in [2.45, 2.75) is 17.7 Å². The standard InChI is InChI=1S/C16H15ClN4O3S/c17-10-2-3-13-6-8-16(9-7-13)25(22,23)24-15-5-1-4-14(11-15)21-12-18-19-20-21/h1,4-9,11-12H,2-3,10H2. The Bertz CT molecular complexity index is 928. The number of benzene rings is 2. The number of tetrazole rings is 1. The number of hydrogen-bond acceptors (Lipinski definition) is 6. The molecule has 0 saturated heterocycles. The molecule has 0 fully saturated rings. The van der Waals surface area contributed by atoms with E-state index in [4.69, 9.17) is 15.8 Å². The largest absolute Gasteiger partial charge is 0.379 e. The molecule has 0 atom stereocenters. The first kappa shape index (κ1) is 17.4. The van der Waals surface area contributed by atoms with Crippen LogP contribution in [-0.4, -0.2) is 34.5 Å². The molecule has 0 bridgehead atoms. The maximum Gasteiger partial charge on any atom is 0.339 e. The van der Waals surface area contributed by atoms with Crippen LogP contribution in [0.3, 0.4) is 0 Å². The Labute approximate surface area is 150 Å². The SMILES string of the molecule is O=S(=O)(Oc1cccc(-n2cnnn2)c1)c1ccc(CCCCl)cc1. The van der Waals surface area contributed by atoms with Crippen LogP contribution in [0.25, 0.3) is 5.69 Å². The molecule has 0 saturated carbocycles. The summed E-state index contributed by atoms with van der Waals surface area (Å²) in [5.74, 6) is 0.750. The van der Waals surface area contributed by atoms with Crippen molar-refractivity contribution in [1.82, 2.24) is 20.2 Å². The van der Waals surface area contributed by atoms with Crippen LogP contribution >= 0.6 is 11.6 Å². The van der Waals surface area contributed by atoms with Crippen LogP contribution in [0.1, 0.15) is 12.0 Å². The van der Waals surface area contributed by atoms with Gasteiger partial charge in [0.05, 0.1) is 5.69 Å². The van der Waals surface area contributed by atoms with E-state index < -0.39 is 10.1 Å². The second-order valence-corrected chi connectivity index (χ2v) is 7.15. The lowest BCUT2D eigenvalue weighted by molar-refractivity contribution is 0.486. The van der Waals surface area contributed by atoms with E-state index >= 15 is 0 Å². The predicted molar refractivity (Wildman–Crippen MR) is 92.5 cm³/mol. The molecule has 0 spiro atoms. The summed E-state index contributed by atoms with van der Waals surface area (Å²) < 4.78 is 31.5. The first-order valence-electron chi connectivity index (χ1n) is 7.51. The fraction of sp³-hybridized carbons (Fsp3) is 0.188. The summed E-state index contributed by atoms with van der Waals surface area (Å²) in [6, 6.07) is 13.1. The Morgan fingerprint density at radius 1 is 1.12 bits per heavy atom. The highest BCUT2D eigenvalue weighted by Crippen LogP contribution is 2.21. The Morgan fingerprint density at radius 2 is 1.92 bits per heavy atom. The second-order valence-electron chi connectivity index (χ2n) is 5.23. The van der Waals surface area contributed by atoms with Crippen molar-refractivity contribution >= 4 is 21.7 Å². The van der Waals surface area contributed by atoms with Gasteiger partial charge in [-0.15, -0.1) is 16.7 Å². The molecule has 0 unspecified atom stereocenters. The molecule has 130 valence electrons. The maximum atomic E-state index is 12.4. The molecule has 0 aliphatic heterocycles. The minimum absolute atomic E-state index is 0.0925. The summed E-state index contributed by atoms with van der Waals surface area (Å²) in [6.45, 7) is 0. The number of nitrogens with zero attached hydrogens (tertiary/aromatic N) is 4. The minimum Gasteiger partial charge on any atom is -0.379 e. The molecule has 0 amide bonds. The van der Waals surface area contributed by atoms with Gasteiger partial charge in [0.15, 0.2) is 0 Å². The van der Waals surface area contributed by atoms with Gasteiger partial charge >= 0.3 is 10.1 Å². The van der Waals surface area contributed by atoms with Crippen molar-refractivity contribution in [3.05, 3.63) is 60.4 Å². The smallest absolute Gasteiger partial charge is 0.339 e. The number of aromatic nitrogens is 4. The van der Waals surface area contributed by atoms with Crippen molar-refractivity contribution in [3.8, 4) is 11.4 Å².